The summed E-state index contributed by atoms with van der Waals surface area (Å²) in [6.07, 6.45) is 4.80. The van der Waals surface area contributed by atoms with Gasteiger partial charge < -0.3 is 29.7 Å². The van der Waals surface area contributed by atoms with Crippen LogP contribution in [0.1, 0.15) is 55.2 Å². The van der Waals surface area contributed by atoms with E-state index in [2.05, 4.69) is 11.0 Å². The molecule has 0 aliphatic carbocycles. The summed E-state index contributed by atoms with van der Waals surface area (Å²) < 4.78 is 11.8. The summed E-state index contributed by atoms with van der Waals surface area (Å²) in [7, 11) is 1.66. The van der Waals surface area contributed by atoms with Crippen molar-refractivity contribution in [2.75, 3.05) is 38.3 Å². The molecule has 3 N–H and O–H groups in total. The van der Waals surface area contributed by atoms with Crippen LogP contribution >= 0.6 is 11.8 Å². The van der Waals surface area contributed by atoms with Crippen LogP contribution in [0.25, 0.3) is 0 Å². The van der Waals surface area contributed by atoms with E-state index in [0.717, 1.165) is 78.5 Å². The molecule has 2 unspecified atom stereocenters. The van der Waals surface area contributed by atoms with E-state index in [9.17, 15) is 19.5 Å². The molecule has 2 aliphatic heterocycles. The maximum atomic E-state index is 12.7. The fourth-order valence-electron chi connectivity index (χ4n) is 5.75. The van der Waals surface area contributed by atoms with Crippen molar-refractivity contribution in [1.82, 2.24) is 4.90 Å². The molecule has 0 spiro atoms. The molecule has 3 aromatic carbocycles. The average Bonchev–Trinajstić information content (AvgIpc) is 3.48. The highest BCUT2D eigenvalue weighted by molar-refractivity contribution is 8.00. The summed E-state index contributed by atoms with van der Waals surface area (Å²) in [5, 5.41) is 26.2. The molecular formula is C36H42N2O8S. The molecule has 47 heavy (non-hydrogen) atoms. The van der Waals surface area contributed by atoms with Gasteiger partial charge in [-0.25, -0.2) is 9.59 Å². The number of rotatable bonds is 12. The number of aliphatic hydroxyl groups is 1. The summed E-state index contributed by atoms with van der Waals surface area (Å²) in [4.78, 5) is 37.2. The van der Waals surface area contributed by atoms with Crippen molar-refractivity contribution in [3.63, 3.8) is 0 Å². The van der Waals surface area contributed by atoms with Crippen LogP contribution in [0.2, 0.25) is 0 Å². The van der Waals surface area contributed by atoms with Gasteiger partial charge in [0.15, 0.2) is 0 Å². The smallest absolute Gasteiger partial charge is 0.328 e. The number of hydrogen-bond acceptors (Lipinski definition) is 8. The number of anilines is 1. The molecule has 1 fully saturated rings. The maximum absolute atomic E-state index is 12.7. The van der Waals surface area contributed by atoms with Crippen molar-refractivity contribution in [2.45, 2.75) is 49.0 Å². The van der Waals surface area contributed by atoms with E-state index in [0.29, 0.717) is 24.7 Å². The number of likely N-dealkylation sites (tertiary alicyclic amines) is 1. The van der Waals surface area contributed by atoms with Crippen molar-refractivity contribution in [3.8, 4) is 11.5 Å². The first-order chi connectivity index (χ1) is 22.7. The lowest BCUT2D eigenvalue weighted by Gasteiger charge is -2.34. The summed E-state index contributed by atoms with van der Waals surface area (Å²) >= 11 is 1.67. The number of ether oxygens (including phenoxy) is 2. The molecule has 2 aliphatic rings. The molecule has 0 aromatic heterocycles. The summed E-state index contributed by atoms with van der Waals surface area (Å²) in [6.45, 7) is 5.32. The second kappa shape index (κ2) is 17.6. The number of carbonyl (C=O) groups excluding carboxylic acids is 1. The largest absolute Gasteiger partial charge is 0.497 e. The van der Waals surface area contributed by atoms with Gasteiger partial charge in [0, 0.05) is 29.5 Å². The topological polar surface area (TPSA) is 137 Å². The van der Waals surface area contributed by atoms with Gasteiger partial charge in [-0.3, -0.25) is 9.69 Å². The van der Waals surface area contributed by atoms with Crippen LogP contribution in [0.3, 0.4) is 0 Å². The third-order valence-corrected chi connectivity index (χ3v) is 9.42. The Kier molecular flexibility index (Phi) is 13.3. The number of carbonyl (C=O) groups is 3. The number of piperidine rings is 1. The summed E-state index contributed by atoms with van der Waals surface area (Å²) in [5.74, 6) is -0.637. The van der Waals surface area contributed by atoms with Crippen molar-refractivity contribution in [2.24, 2.45) is 5.92 Å². The molecule has 3 aromatic rings. The van der Waals surface area contributed by atoms with Gasteiger partial charge in [0.1, 0.15) is 16.9 Å². The van der Waals surface area contributed by atoms with Crippen LogP contribution in [0, 0.1) is 5.92 Å². The second-order valence-corrected chi connectivity index (χ2v) is 12.5. The van der Waals surface area contributed by atoms with Gasteiger partial charge in [0.05, 0.1) is 25.5 Å². The van der Waals surface area contributed by atoms with Crippen LogP contribution in [0.4, 0.5) is 5.69 Å². The number of hydrogen-bond donors (Lipinski definition) is 3. The van der Waals surface area contributed by atoms with E-state index in [1.165, 1.54) is 0 Å². The number of nitrogens with zero attached hydrogens (tertiary/aromatic N) is 2. The van der Waals surface area contributed by atoms with Gasteiger partial charge >= 0.3 is 11.9 Å². The summed E-state index contributed by atoms with van der Waals surface area (Å²) in [5.41, 5.74) is 2.91. The Bertz CT molecular complexity index is 1510. The molecule has 0 radical (unpaired) electrons. The zero-order valence-electron chi connectivity index (χ0n) is 26.7. The predicted molar refractivity (Wildman–Crippen MR) is 181 cm³/mol. The van der Waals surface area contributed by atoms with Gasteiger partial charge in [0.25, 0.3) is 0 Å². The molecule has 2 atom stereocenters. The van der Waals surface area contributed by atoms with E-state index in [1.807, 2.05) is 71.6 Å². The second-order valence-electron chi connectivity index (χ2n) is 11.3. The number of amides is 1. The van der Waals surface area contributed by atoms with E-state index >= 15 is 0 Å². The predicted octanol–water partition coefficient (Wildman–Crippen LogP) is 6.17. The molecule has 11 heteroatoms. The number of unbranched alkanes of at least 4 members (excludes halogenated alkanes) is 1. The lowest BCUT2D eigenvalue weighted by Crippen LogP contribution is -2.36. The van der Waals surface area contributed by atoms with Gasteiger partial charge in [-0.15, -0.1) is 0 Å². The third-order valence-electron chi connectivity index (χ3n) is 8.13. The first-order valence-corrected chi connectivity index (χ1v) is 16.5. The highest BCUT2D eigenvalue weighted by atomic mass is 32.2. The standard InChI is InChI=1S/C32H38N2O4S.C4H4O4/c1-23(35)34-28-12-6-7-13-30(28)39-32(34)27-22-26(37-2)14-15-29(27)38-21-9-8-18-33-19-16-25(17-20-33)31(36)24-10-4-3-5-11-24;5-3(6)1-2-4(7)8/h3-7,10-15,22,25,31-32,36H,8-9,16-21H2,1-2H3;1-2H,(H,5,6)(H,7,8)/b;2-1-. The van der Waals surface area contributed by atoms with Crippen LogP contribution in [0.5, 0.6) is 11.5 Å². The van der Waals surface area contributed by atoms with Crippen molar-refractivity contribution in [1.29, 1.82) is 0 Å². The molecule has 0 bridgehead atoms. The van der Waals surface area contributed by atoms with E-state index in [-0.39, 0.29) is 17.4 Å². The lowest BCUT2D eigenvalue weighted by atomic mass is 9.87. The maximum Gasteiger partial charge on any atom is 0.328 e. The van der Waals surface area contributed by atoms with Gasteiger partial charge in [-0.1, -0.05) is 54.2 Å². The number of benzene rings is 3. The number of methoxy groups -OCH3 is 1. The zero-order valence-corrected chi connectivity index (χ0v) is 27.5. The molecular weight excluding hydrogens is 620 g/mol. The number of para-hydroxylation sites is 1. The fourth-order valence-corrected chi connectivity index (χ4v) is 7.11. The van der Waals surface area contributed by atoms with Crippen molar-refractivity contribution in [3.05, 3.63) is 96.1 Å². The van der Waals surface area contributed by atoms with Crippen LogP contribution < -0.4 is 14.4 Å². The Hall–Kier alpha value is -4.32. The number of fused-ring (bicyclic) bond motifs is 1. The zero-order chi connectivity index (χ0) is 33.8. The molecule has 0 saturated carbocycles. The summed E-state index contributed by atoms with van der Waals surface area (Å²) in [6, 6.07) is 23.9. The van der Waals surface area contributed by atoms with Crippen molar-refractivity contribution >= 4 is 35.3 Å². The molecule has 1 saturated heterocycles. The number of aliphatic hydroxyl groups excluding tert-OH is 1. The Morgan fingerprint density at radius 1 is 0.936 bits per heavy atom. The normalized spacial score (nSPS) is 17.0. The van der Waals surface area contributed by atoms with Gasteiger partial charge in [0.2, 0.25) is 5.91 Å². The van der Waals surface area contributed by atoms with E-state index in [4.69, 9.17) is 19.7 Å². The van der Waals surface area contributed by atoms with Crippen LogP contribution in [-0.4, -0.2) is 71.4 Å². The highest BCUT2D eigenvalue weighted by Crippen LogP contribution is 2.53. The number of thioether (sulfide) groups is 1. The number of carboxylic acid groups (broad SMARTS) is 2. The average molecular weight is 663 g/mol. The van der Waals surface area contributed by atoms with E-state index < -0.39 is 11.9 Å². The Labute approximate surface area is 279 Å². The third kappa shape index (κ3) is 10.1. The molecule has 2 heterocycles. The van der Waals surface area contributed by atoms with Crippen LogP contribution in [0.15, 0.2) is 89.8 Å². The first-order valence-electron chi connectivity index (χ1n) is 15.6. The Morgan fingerprint density at radius 3 is 2.23 bits per heavy atom. The highest BCUT2D eigenvalue weighted by Gasteiger charge is 2.36. The van der Waals surface area contributed by atoms with E-state index in [1.54, 1.807) is 25.8 Å². The number of carboxylic acids is 2. The quantitative estimate of drug-likeness (QED) is 0.153. The molecule has 5 rings (SSSR count). The minimum absolute atomic E-state index is 0.00581. The monoisotopic (exact) mass is 662 g/mol. The SMILES string of the molecule is COc1ccc(OCCCCN2CCC(C(O)c3ccccc3)CC2)c(C2Sc3ccccc3N2C(C)=O)c1.O=C(O)/C=C\C(=O)O. The van der Waals surface area contributed by atoms with Crippen LogP contribution in [-0.2, 0) is 14.4 Å². The molecule has 250 valence electrons. The molecule has 10 nitrogen and oxygen atoms in total. The lowest BCUT2D eigenvalue weighted by molar-refractivity contribution is -0.134. The van der Waals surface area contributed by atoms with Crippen molar-refractivity contribution < 1.29 is 39.2 Å². The minimum Gasteiger partial charge on any atom is -0.497 e. The minimum atomic E-state index is -1.26. The van der Waals surface area contributed by atoms with Gasteiger partial charge in [-0.2, -0.15) is 0 Å². The Balaban J connectivity index is 0.000000555. The first kappa shape index (κ1) is 35.5. The molecule has 1 amide bonds. The Morgan fingerprint density at radius 2 is 1.60 bits per heavy atom. The fraction of sp³-hybridized carbons (Fsp3) is 0.361. The van der Waals surface area contributed by atoms with Gasteiger partial charge in [-0.05, 0) is 87.1 Å². The number of aliphatic carboxylic acids is 2.